The summed E-state index contributed by atoms with van der Waals surface area (Å²) in [6.07, 6.45) is 2.43. The zero-order valence-electron chi connectivity index (χ0n) is 12.4. The van der Waals surface area contributed by atoms with E-state index in [0.717, 1.165) is 31.8 Å². The summed E-state index contributed by atoms with van der Waals surface area (Å²) in [5.41, 5.74) is 0.754. The molecule has 1 N–H and O–H groups in total. The lowest BCUT2D eigenvalue weighted by Crippen LogP contribution is -2.41. The molecule has 112 valence electrons. The quantitative estimate of drug-likeness (QED) is 0.866. The third-order valence-electron chi connectivity index (χ3n) is 4.08. The number of halogens is 1. The van der Waals surface area contributed by atoms with Gasteiger partial charge in [-0.25, -0.2) is 4.39 Å². The smallest absolute Gasteiger partial charge is 0.128 e. The second kappa shape index (κ2) is 7.72. The van der Waals surface area contributed by atoms with E-state index in [-0.39, 0.29) is 11.9 Å². The van der Waals surface area contributed by atoms with Gasteiger partial charge in [0.1, 0.15) is 5.82 Å². The van der Waals surface area contributed by atoms with Gasteiger partial charge in [0.2, 0.25) is 0 Å². The van der Waals surface area contributed by atoms with Crippen LogP contribution in [0, 0.1) is 11.7 Å². The highest BCUT2D eigenvalue weighted by Crippen LogP contribution is 2.22. The molecule has 0 bridgehead atoms. The zero-order valence-corrected chi connectivity index (χ0v) is 12.4. The lowest BCUT2D eigenvalue weighted by Gasteiger charge is -2.34. The van der Waals surface area contributed by atoms with Crippen molar-refractivity contribution in [3.8, 4) is 0 Å². The van der Waals surface area contributed by atoms with Gasteiger partial charge in [0.25, 0.3) is 0 Å². The van der Waals surface area contributed by atoms with Crippen molar-refractivity contribution < 1.29 is 9.13 Å². The number of hydrogen-bond acceptors (Lipinski definition) is 3. The molecule has 3 nitrogen and oxygen atoms in total. The highest BCUT2D eigenvalue weighted by molar-refractivity contribution is 5.21. The Kier molecular flexibility index (Phi) is 5.95. The number of ether oxygens (including phenoxy) is 1. The fourth-order valence-electron chi connectivity index (χ4n) is 3.05. The molecule has 2 atom stereocenters. The van der Waals surface area contributed by atoms with Gasteiger partial charge in [0.05, 0.1) is 6.61 Å². The van der Waals surface area contributed by atoms with Crippen molar-refractivity contribution in [2.75, 3.05) is 40.4 Å². The molecule has 1 aliphatic rings. The molecule has 1 aromatic carbocycles. The minimum Gasteiger partial charge on any atom is -0.384 e. The van der Waals surface area contributed by atoms with Gasteiger partial charge in [0.15, 0.2) is 0 Å². The molecule has 4 heteroatoms. The number of hydrogen-bond donors (Lipinski definition) is 1. The SMILES string of the molecule is CNC(CN1CCCC(COC)C1)c1ccccc1F. The fourth-order valence-corrected chi connectivity index (χ4v) is 3.05. The Balaban J connectivity index is 1.98. The number of nitrogens with one attached hydrogen (secondary N) is 1. The molecule has 0 radical (unpaired) electrons. The largest absolute Gasteiger partial charge is 0.384 e. The first-order chi connectivity index (χ1) is 9.74. The van der Waals surface area contributed by atoms with E-state index < -0.39 is 0 Å². The molecule has 1 aromatic rings. The van der Waals surface area contributed by atoms with Gasteiger partial charge in [-0.2, -0.15) is 0 Å². The van der Waals surface area contributed by atoms with Crippen molar-refractivity contribution in [2.45, 2.75) is 18.9 Å². The van der Waals surface area contributed by atoms with Gasteiger partial charge >= 0.3 is 0 Å². The maximum Gasteiger partial charge on any atom is 0.128 e. The number of piperidine rings is 1. The highest BCUT2D eigenvalue weighted by Gasteiger charge is 2.23. The lowest BCUT2D eigenvalue weighted by atomic mass is 9.97. The molecular weight excluding hydrogens is 255 g/mol. The predicted octanol–water partition coefficient (Wildman–Crippen LogP) is 2.44. The van der Waals surface area contributed by atoms with Crippen molar-refractivity contribution in [2.24, 2.45) is 5.92 Å². The van der Waals surface area contributed by atoms with Gasteiger partial charge < -0.3 is 15.0 Å². The maximum absolute atomic E-state index is 13.9. The summed E-state index contributed by atoms with van der Waals surface area (Å²) in [6, 6.07) is 7.07. The molecule has 0 aromatic heterocycles. The standard InChI is InChI=1S/C16H25FN2O/c1-18-16(14-7-3-4-8-15(14)17)11-19-9-5-6-13(10-19)12-20-2/h3-4,7-8,13,16,18H,5-6,9-12H2,1-2H3. The summed E-state index contributed by atoms with van der Waals surface area (Å²) < 4.78 is 19.2. The van der Waals surface area contributed by atoms with Gasteiger partial charge in [-0.3, -0.25) is 0 Å². The van der Waals surface area contributed by atoms with Crippen LogP contribution in [-0.4, -0.2) is 45.3 Å². The topological polar surface area (TPSA) is 24.5 Å². The molecule has 0 aliphatic carbocycles. The molecular formula is C16H25FN2O. The summed E-state index contributed by atoms with van der Waals surface area (Å²) in [5, 5.41) is 3.24. The summed E-state index contributed by atoms with van der Waals surface area (Å²) in [7, 11) is 3.66. The number of rotatable bonds is 6. The third-order valence-corrected chi connectivity index (χ3v) is 4.08. The third kappa shape index (κ3) is 4.01. The second-order valence-electron chi connectivity index (χ2n) is 5.59. The van der Waals surface area contributed by atoms with E-state index in [0.29, 0.717) is 5.92 Å². The monoisotopic (exact) mass is 280 g/mol. The number of likely N-dealkylation sites (tertiary alicyclic amines) is 1. The van der Waals surface area contributed by atoms with Gasteiger partial charge in [0, 0.05) is 31.8 Å². The maximum atomic E-state index is 13.9. The Hall–Kier alpha value is -0.970. The van der Waals surface area contributed by atoms with Crippen molar-refractivity contribution in [3.05, 3.63) is 35.6 Å². The molecule has 0 saturated carbocycles. The van der Waals surface area contributed by atoms with E-state index in [1.165, 1.54) is 18.9 Å². The first kappa shape index (κ1) is 15.4. The number of likely N-dealkylation sites (N-methyl/N-ethyl adjacent to an activating group) is 1. The molecule has 0 amide bonds. The summed E-state index contributed by atoms with van der Waals surface area (Å²) in [5.74, 6) is 0.476. The van der Waals surface area contributed by atoms with Crippen LogP contribution in [0.4, 0.5) is 4.39 Å². The highest BCUT2D eigenvalue weighted by atomic mass is 19.1. The normalized spacial score (nSPS) is 21.9. The first-order valence-corrected chi connectivity index (χ1v) is 7.37. The van der Waals surface area contributed by atoms with E-state index in [1.807, 2.05) is 19.2 Å². The molecule has 1 fully saturated rings. The van der Waals surface area contributed by atoms with Crippen LogP contribution >= 0.6 is 0 Å². The molecule has 2 rings (SSSR count). The van der Waals surface area contributed by atoms with E-state index in [2.05, 4.69) is 10.2 Å². The van der Waals surface area contributed by atoms with Crippen molar-refractivity contribution in [1.82, 2.24) is 10.2 Å². The lowest BCUT2D eigenvalue weighted by molar-refractivity contribution is 0.0859. The summed E-state index contributed by atoms with van der Waals surface area (Å²) in [6.45, 7) is 3.80. The predicted molar refractivity (Wildman–Crippen MR) is 79.2 cm³/mol. The number of methoxy groups -OCH3 is 1. The van der Waals surface area contributed by atoms with E-state index in [1.54, 1.807) is 13.2 Å². The van der Waals surface area contributed by atoms with Crippen molar-refractivity contribution in [3.63, 3.8) is 0 Å². The van der Waals surface area contributed by atoms with Crippen LogP contribution in [0.5, 0.6) is 0 Å². The minimum absolute atomic E-state index is 0.0393. The van der Waals surface area contributed by atoms with E-state index in [9.17, 15) is 4.39 Å². The molecule has 2 unspecified atom stereocenters. The fraction of sp³-hybridized carbons (Fsp3) is 0.625. The van der Waals surface area contributed by atoms with Crippen LogP contribution in [-0.2, 0) is 4.74 Å². The Morgan fingerprint density at radius 3 is 2.95 bits per heavy atom. The number of nitrogens with zero attached hydrogens (tertiary/aromatic N) is 1. The van der Waals surface area contributed by atoms with Crippen LogP contribution in [0.15, 0.2) is 24.3 Å². The van der Waals surface area contributed by atoms with Gasteiger partial charge in [-0.1, -0.05) is 18.2 Å². The van der Waals surface area contributed by atoms with Crippen LogP contribution in [0.25, 0.3) is 0 Å². The van der Waals surface area contributed by atoms with Gasteiger partial charge in [-0.15, -0.1) is 0 Å². The molecule has 1 saturated heterocycles. The van der Waals surface area contributed by atoms with Crippen LogP contribution in [0.1, 0.15) is 24.4 Å². The summed E-state index contributed by atoms with van der Waals surface area (Å²) in [4.78, 5) is 2.42. The van der Waals surface area contributed by atoms with Crippen molar-refractivity contribution in [1.29, 1.82) is 0 Å². The Morgan fingerprint density at radius 2 is 2.25 bits per heavy atom. The minimum atomic E-state index is -0.127. The van der Waals surface area contributed by atoms with E-state index in [4.69, 9.17) is 4.74 Å². The average Bonchev–Trinajstić information content (AvgIpc) is 2.46. The van der Waals surface area contributed by atoms with Crippen molar-refractivity contribution >= 4 is 0 Å². The first-order valence-electron chi connectivity index (χ1n) is 7.37. The zero-order chi connectivity index (χ0) is 14.4. The molecule has 1 heterocycles. The van der Waals surface area contributed by atoms with Gasteiger partial charge in [-0.05, 0) is 38.4 Å². The molecule has 20 heavy (non-hydrogen) atoms. The van der Waals surface area contributed by atoms with Crippen LogP contribution in [0.3, 0.4) is 0 Å². The Bertz CT molecular complexity index is 411. The molecule has 0 spiro atoms. The van der Waals surface area contributed by atoms with Crippen LogP contribution < -0.4 is 5.32 Å². The summed E-state index contributed by atoms with van der Waals surface area (Å²) >= 11 is 0. The van der Waals surface area contributed by atoms with E-state index >= 15 is 0 Å². The molecule has 1 aliphatic heterocycles. The van der Waals surface area contributed by atoms with Crippen LogP contribution in [0.2, 0.25) is 0 Å². The number of benzene rings is 1. The average molecular weight is 280 g/mol. The Morgan fingerprint density at radius 1 is 1.45 bits per heavy atom. The second-order valence-corrected chi connectivity index (χ2v) is 5.59. The Labute approximate surface area is 121 Å².